The second-order valence-corrected chi connectivity index (χ2v) is 7.44. The van der Waals surface area contributed by atoms with Crippen LogP contribution in [0.15, 0.2) is 60.8 Å². The van der Waals surface area contributed by atoms with E-state index in [0.29, 0.717) is 22.6 Å². The highest BCUT2D eigenvalue weighted by Crippen LogP contribution is 2.20. The summed E-state index contributed by atoms with van der Waals surface area (Å²) in [6.45, 7) is 3.41. The summed E-state index contributed by atoms with van der Waals surface area (Å²) in [5.74, 6) is -0.232. The quantitative estimate of drug-likeness (QED) is 0.707. The fraction of sp³-hybridized carbons (Fsp3) is 0.250. The largest absolute Gasteiger partial charge is 0.339 e. The van der Waals surface area contributed by atoms with Gasteiger partial charge in [-0.05, 0) is 50.5 Å². The molecule has 152 valence electrons. The minimum Gasteiger partial charge on any atom is -0.339 e. The number of amides is 2. The Balaban J connectivity index is 1.53. The van der Waals surface area contributed by atoms with Crippen molar-refractivity contribution in [3.05, 3.63) is 77.7 Å². The molecule has 1 aromatic heterocycles. The maximum atomic E-state index is 12.7. The van der Waals surface area contributed by atoms with Crippen LogP contribution in [0.4, 0.5) is 5.69 Å². The van der Waals surface area contributed by atoms with Gasteiger partial charge in [-0.3, -0.25) is 14.6 Å². The van der Waals surface area contributed by atoms with Gasteiger partial charge in [-0.2, -0.15) is 0 Å². The Bertz CT molecular complexity index is 1040. The van der Waals surface area contributed by atoms with Crippen molar-refractivity contribution in [2.24, 2.45) is 0 Å². The summed E-state index contributed by atoms with van der Waals surface area (Å²) in [5.41, 5.74) is 3.62. The van der Waals surface area contributed by atoms with Gasteiger partial charge in [0.2, 0.25) is 0 Å². The Labute approximate surface area is 176 Å². The summed E-state index contributed by atoms with van der Waals surface area (Å²) in [6.07, 6.45) is 4.97. The molecule has 0 unspecified atom stereocenters. The number of aromatic nitrogens is 2. The van der Waals surface area contributed by atoms with Crippen LogP contribution in [0, 0.1) is 6.92 Å². The molecular weight excluding hydrogens is 376 g/mol. The third-order valence-corrected chi connectivity index (χ3v) is 5.27. The van der Waals surface area contributed by atoms with Crippen LogP contribution in [0.3, 0.4) is 0 Å². The van der Waals surface area contributed by atoms with Crippen molar-refractivity contribution in [2.45, 2.75) is 26.2 Å². The fourth-order valence-electron chi connectivity index (χ4n) is 3.58. The maximum absolute atomic E-state index is 12.7. The van der Waals surface area contributed by atoms with Gasteiger partial charge >= 0.3 is 0 Å². The summed E-state index contributed by atoms with van der Waals surface area (Å²) in [5, 5.41) is 2.85. The molecule has 2 amide bonds. The molecule has 1 aliphatic rings. The van der Waals surface area contributed by atoms with Crippen LogP contribution in [0.25, 0.3) is 11.3 Å². The minimum absolute atomic E-state index is 0.0687. The number of aryl methyl sites for hydroxylation is 1. The first kappa shape index (κ1) is 19.8. The third kappa shape index (κ3) is 4.38. The van der Waals surface area contributed by atoms with Crippen molar-refractivity contribution in [3.63, 3.8) is 0 Å². The highest BCUT2D eigenvalue weighted by Gasteiger charge is 2.18. The monoisotopic (exact) mass is 400 g/mol. The lowest BCUT2D eigenvalue weighted by Gasteiger charge is -2.26. The Hall–Kier alpha value is -3.54. The van der Waals surface area contributed by atoms with Crippen molar-refractivity contribution in [1.82, 2.24) is 14.9 Å². The first-order valence-corrected chi connectivity index (χ1v) is 10.2. The van der Waals surface area contributed by atoms with E-state index in [9.17, 15) is 9.59 Å². The average Bonchev–Trinajstić information content (AvgIpc) is 2.80. The van der Waals surface area contributed by atoms with E-state index in [4.69, 9.17) is 0 Å². The van der Waals surface area contributed by atoms with E-state index in [2.05, 4.69) is 15.3 Å². The van der Waals surface area contributed by atoms with Crippen LogP contribution in [-0.2, 0) is 0 Å². The van der Waals surface area contributed by atoms with Gasteiger partial charge in [0.1, 0.15) is 5.69 Å². The number of rotatable bonds is 4. The van der Waals surface area contributed by atoms with Crippen molar-refractivity contribution >= 4 is 17.5 Å². The molecule has 0 bridgehead atoms. The summed E-state index contributed by atoms with van der Waals surface area (Å²) in [4.78, 5) is 36.1. The number of nitrogens with zero attached hydrogens (tertiary/aromatic N) is 3. The number of benzene rings is 2. The van der Waals surface area contributed by atoms with Gasteiger partial charge in [-0.15, -0.1) is 0 Å². The molecule has 2 aromatic carbocycles. The van der Waals surface area contributed by atoms with E-state index in [1.165, 1.54) is 6.42 Å². The Morgan fingerprint density at radius 3 is 2.33 bits per heavy atom. The van der Waals surface area contributed by atoms with E-state index in [1.54, 1.807) is 13.1 Å². The van der Waals surface area contributed by atoms with Crippen LogP contribution in [0.1, 0.15) is 45.8 Å². The van der Waals surface area contributed by atoms with Gasteiger partial charge in [-0.1, -0.05) is 30.3 Å². The predicted octanol–water partition coefficient (Wildman–Crippen LogP) is 4.33. The van der Waals surface area contributed by atoms with E-state index in [1.807, 2.05) is 59.5 Å². The maximum Gasteiger partial charge on any atom is 0.276 e. The molecule has 0 saturated carbocycles. The zero-order valence-corrected chi connectivity index (χ0v) is 17.0. The lowest BCUT2D eigenvalue weighted by molar-refractivity contribution is 0.0724. The SMILES string of the molecule is Cc1ncc(-c2ccc(C(=O)N3CCCCC3)cc2)nc1C(=O)Nc1ccccc1. The van der Waals surface area contributed by atoms with Gasteiger partial charge in [-0.25, -0.2) is 4.98 Å². The molecule has 1 N–H and O–H groups in total. The van der Waals surface area contributed by atoms with Gasteiger partial charge in [0, 0.05) is 29.9 Å². The van der Waals surface area contributed by atoms with Crippen LogP contribution in [0.2, 0.25) is 0 Å². The Kier molecular flexibility index (Phi) is 5.84. The molecule has 6 heteroatoms. The van der Waals surface area contributed by atoms with Crippen LogP contribution in [-0.4, -0.2) is 39.8 Å². The molecule has 0 atom stereocenters. The molecule has 2 heterocycles. The standard InChI is InChI=1S/C24H24N4O2/c1-17-22(23(29)26-20-8-4-2-5-9-20)27-21(16-25-17)18-10-12-19(13-11-18)24(30)28-14-6-3-7-15-28/h2,4-5,8-13,16H,3,6-7,14-15H2,1H3,(H,26,29). The molecule has 0 radical (unpaired) electrons. The molecule has 1 saturated heterocycles. The normalized spacial score (nSPS) is 13.7. The van der Waals surface area contributed by atoms with Crippen molar-refractivity contribution < 1.29 is 9.59 Å². The molecule has 1 fully saturated rings. The van der Waals surface area contributed by atoms with Crippen LogP contribution >= 0.6 is 0 Å². The smallest absolute Gasteiger partial charge is 0.276 e. The van der Waals surface area contributed by atoms with Crippen molar-refractivity contribution in [3.8, 4) is 11.3 Å². The molecular formula is C24H24N4O2. The highest BCUT2D eigenvalue weighted by molar-refractivity contribution is 6.03. The first-order valence-electron chi connectivity index (χ1n) is 10.2. The van der Waals surface area contributed by atoms with Gasteiger partial charge in [0.25, 0.3) is 11.8 Å². The lowest BCUT2D eigenvalue weighted by atomic mass is 10.1. The molecule has 30 heavy (non-hydrogen) atoms. The zero-order chi connectivity index (χ0) is 20.9. The second-order valence-electron chi connectivity index (χ2n) is 7.44. The number of nitrogens with one attached hydrogen (secondary N) is 1. The second kappa shape index (κ2) is 8.86. The van der Waals surface area contributed by atoms with Crippen molar-refractivity contribution in [1.29, 1.82) is 0 Å². The number of piperidine rings is 1. The average molecular weight is 400 g/mol. The number of likely N-dealkylation sites (tertiary alicyclic amines) is 1. The van der Waals surface area contributed by atoms with Crippen LogP contribution < -0.4 is 5.32 Å². The Morgan fingerprint density at radius 2 is 1.63 bits per heavy atom. The predicted molar refractivity (Wildman–Crippen MR) is 116 cm³/mol. The van der Waals surface area contributed by atoms with Gasteiger partial charge in [0.05, 0.1) is 17.6 Å². The number of hydrogen-bond acceptors (Lipinski definition) is 4. The first-order chi connectivity index (χ1) is 14.6. The van der Waals surface area contributed by atoms with E-state index in [0.717, 1.165) is 31.5 Å². The number of hydrogen-bond donors (Lipinski definition) is 1. The molecule has 4 rings (SSSR count). The summed E-state index contributed by atoms with van der Waals surface area (Å²) in [6, 6.07) is 16.6. The topological polar surface area (TPSA) is 75.2 Å². The molecule has 0 aliphatic carbocycles. The van der Waals surface area contributed by atoms with Gasteiger partial charge < -0.3 is 10.2 Å². The van der Waals surface area contributed by atoms with Crippen LogP contribution in [0.5, 0.6) is 0 Å². The summed E-state index contributed by atoms with van der Waals surface area (Å²) >= 11 is 0. The minimum atomic E-state index is -0.301. The number of anilines is 1. The van der Waals surface area contributed by atoms with E-state index in [-0.39, 0.29) is 17.5 Å². The molecule has 0 spiro atoms. The Morgan fingerprint density at radius 1 is 0.933 bits per heavy atom. The molecule has 3 aromatic rings. The summed E-state index contributed by atoms with van der Waals surface area (Å²) in [7, 11) is 0. The summed E-state index contributed by atoms with van der Waals surface area (Å²) < 4.78 is 0. The molecule has 6 nitrogen and oxygen atoms in total. The van der Waals surface area contributed by atoms with Gasteiger partial charge in [0.15, 0.2) is 0 Å². The van der Waals surface area contributed by atoms with E-state index >= 15 is 0 Å². The fourth-order valence-corrected chi connectivity index (χ4v) is 3.58. The van der Waals surface area contributed by atoms with Crippen molar-refractivity contribution in [2.75, 3.05) is 18.4 Å². The molecule has 1 aliphatic heterocycles. The number of carbonyl (C=O) groups is 2. The number of carbonyl (C=O) groups excluding carboxylic acids is 2. The number of para-hydroxylation sites is 1. The highest BCUT2D eigenvalue weighted by atomic mass is 16.2. The zero-order valence-electron chi connectivity index (χ0n) is 17.0. The van der Waals surface area contributed by atoms with E-state index < -0.39 is 0 Å². The third-order valence-electron chi connectivity index (χ3n) is 5.27. The lowest BCUT2D eigenvalue weighted by Crippen LogP contribution is -2.35.